The molecule has 2 aliphatic heterocycles. The number of ether oxygens (including phenoxy) is 1. The van der Waals surface area contributed by atoms with Crippen molar-refractivity contribution in [2.24, 2.45) is 0 Å². The second kappa shape index (κ2) is 2.50. The predicted molar refractivity (Wildman–Crippen MR) is 43.1 cm³/mol. The Hall–Kier alpha value is -0.540. The minimum Gasteiger partial charge on any atom is -0.375 e. The first-order valence-electron chi connectivity index (χ1n) is 4.06. The summed E-state index contributed by atoms with van der Waals surface area (Å²) < 4.78 is 5.63. The highest BCUT2D eigenvalue weighted by atomic mass is 16.5. The van der Waals surface area contributed by atoms with Crippen LogP contribution in [-0.4, -0.2) is 36.9 Å². The van der Waals surface area contributed by atoms with E-state index in [0.717, 1.165) is 26.1 Å². The maximum absolute atomic E-state index is 5.63. The quantitative estimate of drug-likeness (QED) is 0.582. The summed E-state index contributed by atoms with van der Waals surface area (Å²) in [6, 6.07) is 0. The van der Waals surface area contributed by atoms with Crippen LogP contribution in [0.25, 0.3) is 0 Å². The van der Waals surface area contributed by atoms with E-state index in [1.54, 1.807) is 0 Å². The molecule has 0 aromatic rings. The molecule has 2 aliphatic rings. The molecule has 3 heteroatoms. The molecule has 1 atom stereocenters. The largest absolute Gasteiger partial charge is 0.375 e. The Morgan fingerprint density at radius 2 is 2.55 bits per heavy atom. The third-order valence-corrected chi connectivity index (χ3v) is 2.53. The smallest absolute Gasteiger partial charge is 0.101 e. The van der Waals surface area contributed by atoms with Crippen LogP contribution in [-0.2, 0) is 4.74 Å². The lowest BCUT2D eigenvalue weighted by Gasteiger charge is -2.20. The van der Waals surface area contributed by atoms with Gasteiger partial charge in [-0.3, -0.25) is 5.32 Å². The maximum atomic E-state index is 5.63. The number of rotatable bonds is 1. The number of hydrogen-bond donors (Lipinski definition) is 1. The van der Waals surface area contributed by atoms with Gasteiger partial charge >= 0.3 is 0 Å². The van der Waals surface area contributed by atoms with Gasteiger partial charge < -0.3 is 9.64 Å². The van der Waals surface area contributed by atoms with E-state index < -0.39 is 0 Å². The van der Waals surface area contributed by atoms with Crippen LogP contribution < -0.4 is 5.32 Å². The van der Waals surface area contributed by atoms with E-state index >= 15 is 0 Å². The van der Waals surface area contributed by atoms with E-state index in [1.165, 1.54) is 0 Å². The highest BCUT2D eigenvalue weighted by Gasteiger charge is 2.40. The molecular formula is C8H14N2O. The predicted octanol–water partition coefficient (Wildman–Crippen LogP) is 0.152. The van der Waals surface area contributed by atoms with Crippen molar-refractivity contribution in [3.05, 3.63) is 12.8 Å². The molecule has 62 valence electrons. The monoisotopic (exact) mass is 154 g/mol. The number of likely N-dealkylation sites (tertiary alicyclic amines) is 1. The van der Waals surface area contributed by atoms with Crippen LogP contribution in [0.4, 0.5) is 0 Å². The molecule has 0 radical (unpaired) electrons. The summed E-state index contributed by atoms with van der Waals surface area (Å²) >= 11 is 0. The zero-order valence-corrected chi connectivity index (χ0v) is 6.68. The van der Waals surface area contributed by atoms with Crippen LogP contribution in [0.15, 0.2) is 12.8 Å². The van der Waals surface area contributed by atoms with Crippen LogP contribution >= 0.6 is 0 Å². The summed E-state index contributed by atoms with van der Waals surface area (Å²) in [5.41, 5.74) is 0.105. The summed E-state index contributed by atoms with van der Waals surface area (Å²) in [6.07, 6.45) is 3.03. The Balaban J connectivity index is 2.01. The lowest BCUT2D eigenvalue weighted by atomic mass is 10.0. The fourth-order valence-electron chi connectivity index (χ4n) is 1.83. The molecular weight excluding hydrogens is 140 g/mol. The van der Waals surface area contributed by atoms with E-state index in [-0.39, 0.29) is 5.60 Å². The molecule has 2 fully saturated rings. The van der Waals surface area contributed by atoms with Gasteiger partial charge in [0.2, 0.25) is 0 Å². The molecule has 0 bridgehead atoms. The first-order valence-corrected chi connectivity index (χ1v) is 4.06. The molecule has 11 heavy (non-hydrogen) atoms. The average Bonchev–Trinajstić information content (AvgIpc) is 2.62. The van der Waals surface area contributed by atoms with Crippen molar-refractivity contribution < 1.29 is 4.74 Å². The Labute approximate surface area is 67.0 Å². The van der Waals surface area contributed by atoms with Crippen molar-refractivity contribution in [3.63, 3.8) is 0 Å². The standard InChI is InChI=1S/C8H14N2O/c1-2-10-4-3-8(6-10)5-9-7-11-8/h2,9H,1,3-7H2. The van der Waals surface area contributed by atoms with Gasteiger partial charge in [-0.25, -0.2) is 0 Å². The van der Waals surface area contributed by atoms with Crippen molar-refractivity contribution in [3.8, 4) is 0 Å². The zero-order valence-electron chi connectivity index (χ0n) is 6.68. The van der Waals surface area contributed by atoms with Gasteiger partial charge in [-0.1, -0.05) is 6.58 Å². The SMILES string of the molecule is C=CN1CCC2(CNCO2)C1. The number of nitrogens with zero attached hydrogens (tertiary/aromatic N) is 1. The van der Waals surface area contributed by atoms with Gasteiger partial charge in [0, 0.05) is 19.6 Å². The van der Waals surface area contributed by atoms with Crippen LogP contribution in [0.2, 0.25) is 0 Å². The van der Waals surface area contributed by atoms with Crippen molar-refractivity contribution in [2.75, 3.05) is 26.4 Å². The van der Waals surface area contributed by atoms with Gasteiger partial charge in [-0.05, 0) is 12.6 Å². The van der Waals surface area contributed by atoms with Crippen LogP contribution in [0.3, 0.4) is 0 Å². The van der Waals surface area contributed by atoms with E-state index in [2.05, 4.69) is 16.8 Å². The van der Waals surface area contributed by atoms with E-state index in [4.69, 9.17) is 4.74 Å². The zero-order chi connectivity index (χ0) is 7.73. The second-order valence-electron chi connectivity index (χ2n) is 3.30. The molecule has 0 amide bonds. The van der Waals surface area contributed by atoms with Crippen molar-refractivity contribution >= 4 is 0 Å². The van der Waals surface area contributed by atoms with E-state index in [9.17, 15) is 0 Å². The van der Waals surface area contributed by atoms with Gasteiger partial charge in [-0.2, -0.15) is 0 Å². The second-order valence-corrected chi connectivity index (χ2v) is 3.30. The van der Waals surface area contributed by atoms with Crippen LogP contribution in [0, 0.1) is 0 Å². The molecule has 0 aromatic heterocycles. The highest BCUT2D eigenvalue weighted by Crippen LogP contribution is 2.27. The first-order chi connectivity index (χ1) is 5.35. The Kier molecular flexibility index (Phi) is 1.62. The number of hydrogen-bond acceptors (Lipinski definition) is 3. The lowest BCUT2D eigenvalue weighted by Crippen LogP contribution is -2.35. The summed E-state index contributed by atoms with van der Waals surface area (Å²) in [7, 11) is 0. The molecule has 1 N–H and O–H groups in total. The normalized spacial score (nSPS) is 36.9. The molecule has 0 saturated carbocycles. The van der Waals surface area contributed by atoms with Crippen molar-refractivity contribution in [1.29, 1.82) is 0 Å². The van der Waals surface area contributed by atoms with Crippen molar-refractivity contribution in [1.82, 2.24) is 10.2 Å². The number of nitrogens with one attached hydrogen (secondary N) is 1. The third-order valence-electron chi connectivity index (χ3n) is 2.53. The molecule has 2 heterocycles. The van der Waals surface area contributed by atoms with Crippen LogP contribution in [0.5, 0.6) is 0 Å². The molecule has 1 unspecified atom stereocenters. The lowest BCUT2D eigenvalue weighted by molar-refractivity contribution is 0.0222. The van der Waals surface area contributed by atoms with Crippen LogP contribution in [0.1, 0.15) is 6.42 Å². The van der Waals surface area contributed by atoms with E-state index in [0.29, 0.717) is 6.73 Å². The maximum Gasteiger partial charge on any atom is 0.101 e. The van der Waals surface area contributed by atoms with E-state index in [1.807, 2.05) is 6.20 Å². The summed E-state index contributed by atoms with van der Waals surface area (Å²) in [4.78, 5) is 2.22. The Morgan fingerprint density at radius 3 is 3.09 bits per heavy atom. The summed E-state index contributed by atoms with van der Waals surface area (Å²) in [6.45, 7) is 7.55. The molecule has 0 aliphatic carbocycles. The van der Waals surface area contributed by atoms with Gasteiger partial charge in [-0.15, -0.1) is 0 Å². The minimum absolute atomic E-state index is 0.105. The summed E-state index contributed by atoms with van der Waals surface area (Å²) in [5.74, 6) is 0. The summed E-state index contributed by atoms with van der Waals surface area (Å²) in [5, 5.41) is 3.22. The van der Waals surface area contributed by atoms with Gasteiger partial charge in [0.25, 0.3) is 0 Å². The Bertz CT molecular complexity index is 163. The topological polar surface area (TPSA) is 24.5 Å². The van der Waals surface area contributed by atoms with Gasteiger partial charge in [0.1, 0.15) is 5.60 Å². The molecule has 0 aromatic carbocycles. The van der Waals surface area contributed by atoms with Gasteiger partial charge in [0.05, 0.1) is 6.73 Å². The Morgan fingerprint density at radius 1 is 1.64 bits per heavy atom. The molecule has 2 rings (SSSR count). The highest BCUT2D eigenvalue weighted by molar-refractivity contribution is 4.98. The fraction of sp³-hybridized carbons (Fsp3) is 0.750. The third kappa shape index (κ3) is 1.14. The minimum atomic E-state index is 0.105. The fourth-order valence-corrected chi connectivity index (χ4v) is 1.83. The first kappa shape index (κ1) is 7.13. The molecule has 1 spiro atoms. The van der Waals surface area contributed by atoms with Crippen molar-refractivity contribution in [2.45, 2.75) is 12.0 Å². The van der Waals surface area contributed by atoms with Gasteiger partial charge in [0.15, 0.2) is 0 Å². The average molecular weight is 154 g/mol. The molecule has 2 saturated heterocycles. The molecule has 3 nitrogen and oxygen atoms in total.